The minimum absolute atomic E-state index is 0. The zero-order valence-electron chi connectivity index (χ0n) is 82.3. The van der Waals surface area contributed by atoms with Crippen LogP contribution in [0.3, 0.4) is 0 Å². The monoisotopic (exact) mass is 1680 g/mol. The highest BCUT2D eigenvalue weighted by Gasteiger charge is 2.61. The Labute approximate surface area is 766 Å². The van der Waals surface area contributed by atoms with Gasteiger partial charge in [-0.15, -0.1) is 11.8 Å². The molecule has 0 spiro atoms. The number of hydrogen-bond acceptors (Lipinski definition) is 2. The number of rotatable bonds is 10. The number of benzene rings is 12. The maximum absolute atomic E-state index is 5.96. The molecule has 17 rings (SSSR count). The second kappa shape index (κ2) is 58.9. The van der Waals surface area contributed by atoms with Crippen LogP contribution in [0.1, 0.15) is 351 Å². The van der Waals surface area contributed by atoms with Crippen LogP contribution >= 0.6 is 11.8 Å². The molecule has 1 nitrogen and oxygen atoms in total. The highest BCUT2D eigenvalue weighted by atomic mass is 32.2. The molecular formula is C122H168OS. The van der Waals surface area contributed by atoms with Gasteiger partial charge in [0.1, 0.15) is 12.4 Å². The van der Waals surface area contributed by atoms with Crippen LogP contribution in [-0.2, 0) is 31.6 Å². The molecule has 3 aliphatic carbocycles. The molecule has 0 amide bonds. The Morgan fingerprint density at radius 1 is 0.298 bits per heavy atom. The molecule has 2 heterocycles. The van der Waals surface area contributed by atoms with Crippen LogP contribution in [0.2, 0.25) is 0 Å². The Bertz CT molecular complexity index is 4300. The molecule has 12 aromatic carbocycles. The fourth-order valence-corrected chi connectivity index (χ4v) is 19.3. The Hall–Kier alpha value is -9.21. The lowest BCUT2D eigenvalue weighted by Crippen LogP contribution is -2.13. The quantitative estimate of drug-likeness (QED) is 0.135. The van der Waals surface area contributed by atoms with Crippen LogP contribution in [0, 0.1) is 40.9 Å². The standard InChI is InChI=1S/C21H24.C18H20.C17H18O.C17H18S.2C16H18.8C2H6.CH4/c1-13(2)18-14-9-5-7-11-16(14)19-20(21(19,3)4)17-12-8-6-10-15(17)18;1-13(2)18-16-9-5-3-7-14(16)11-12-15-8-4-6-10-17(15)18;2*1-12(2)17-14-8-4-3-7-13(14)11-18-16-10-6-5-9-15(16)17;1-13(2)16(14-9-5-3-6-10-14)15-11-7-4-8-12-15;1-13(2)12-15-10-6-7-11-16(15)14-8-4-3-5-9-14;8*1-2;/h5-13,18-20H,1-4H3;3-10,13,18H,11-12H2,1-2H3;2*3-10,12,17H,11H2,1-2H3;3-13,16H,1-2H3;3-11,13H,12H2,1-2H3;8*1-2H3;1H4. The Balaban J connectivity index is 0.000000372. The Morgan fingerprint density at radius 2 is 0.597 bits per heavy atom. The van der Waals surface area contributed by atoms with Gasteiger partial charge in [-0.05, 0) is 184 Å². The van der Waals surface area contributed by atoms with Crippen molar-refractivity contribution >= 4 is 11.8 Å². The summed E-state index contributed by atoms with van der Waals surface area (Å²) in [7, 11) is 0. The molecule has 0 N–H and O–H groups in total. The van der Waals surface area contributed by atoms with Gasteiger partial charge in [0.25, 0.3) is 0 Å². The molecule has 2 heteroatoms. The maximum atomic E-state index is 5.96. The molecule has 2 aliphatic heterocycles. The minimum Gasteiger partial charge on any atom is -0.489 e. The summed E-state index contributed by atoms with van der Waals surface area (Å²) in [5.74, 6) is 9.87. The number of aryl methyl sites for hydroxylation is 2. The van der Waals surface area contributed by atoms with E-state index in [-0.39, 0.29) is 7.43 Å². The summed E-state index contributed by atoms with van der Waals surface area (Å²) < 4.78 is 5.96. The van der Waals surface area contributed by atoms with Crippen LogP contribution in [-0.4, -0.2) is 0 Å². The van der Waals surface area contributed by atoms with Gasteiger partial charge in [0, 0.05) is 45.8 Å². The van der Waals surface area contributed by atoms with E-state index in [1.165, 1.54) is 101 Å². The molecule has 668 valence electrons. The fraction of sp³-hybridized carbons (Fsp3) is 0.410. The predicted molar refractivity (Wildman–Crippen MR) is 556 cm³/mol. The molecule has 1 saturated carbocycles. The molecule has 4 atom stereocenters. The zero-order valence-corrected chi connectivity index (χ0v) is 83.1. The molecule has 0 bridgehead atoms. The summed E-state index contributed by atoms with van der Waals surface area (Å²) in [5.41, 5.74) is 28.4. The van der Waals surface area contributed by atoms with Crippen molar-refractivity contribution in [1.82, 2.24) is 0 Å². The third-order valence-corrected chi connectivity index (χ3v) is 24.2. The fourth-order valence-electron chi connectivity index (χ4n) is 18.2. The number of hydrogen-bond donors (Lipinski definition) is 0. The van der Waals surface area contributed by atoms with E-state index in [0.29, 0.717) is 89.0 Å². The average molecular weight is 1680 g/mol. The van der Waals surface area contributed by atoms with Crippen LogP contribution in [0.15, 0.2) is 314 Å². The molecule has 0 radical (unpaired) electrons. The van der Waals surface area contributed by atoms with Crippen molar-refractivity contribution in [3.05, 3.63) is 404 Å². The summed E-state index contributed by atoms with van der Waals surface area (Å²) in [6, 6.07) is 112. The number of para-hydroxylation sites is 1. The third kappa shape index (κ3) is 29.4. The molecule has 0 saturated heterocycles. The van der Waals surface area contributed by atoms with E-state index in [4.69, 9.17) is 4.74 Å². The molecule has 124 heavy (non-hydrogen) atoms. The van der Waals surface area contributed by atoms with Gasteiger partial charge in [0.15, 0.2) is 0 Å². The average Bonchev–Trinajstić information content (AvgIpc) is 1.52. The lowest BCUT2D eigenvalue weighted by Gasteiger charge is -2.26. The third-order valence-electron chi connectivity index (χ3n) is 23.0. The molecule has 12 aromatic rings. The summed E-state index contributed by atoms with van der Waals surface area (Å²) in [5, 5.41) is 0. The van der Waals surface area contributed by atoms with Gasteiger partial charge in [-0.1, -0.05) is 512 Å². The summed E-state index contributed by atoms with van der Waals surface area (Å²) in [4.78, 5) is 1.45. The first-order chi connectivity index (χ1) is 59.9. The van der Waals surface area contributed by atoms with E-state index < -0.39 is 0 Å². The van der Waals surface area contributed by atoms with Crippen molar-refractivity contribution < 1.29 is 4.74 Å². The van der Waals surface area contributed by atoms with Crippen molar-refractivity contribution in [1.29, 1.82) is 0 Å². The van der Waals surface area contributed by atoms with Gasteiger partial charge in [0.05, 0.1) is 0 Å². The number of fused-ring (bicyclic) bond motifs is 11. The van der Waals surface area contributed by atoms with Gasteiger partial charge in [-0.2, -0.15) is 0 Å². The SMILES string of the molecule is C.CC.CC.CC.CC.CC.CC.CC.CC.CC(C)C(c1ccccc1)c1ccccc1.CC(C)C1c2ccccc2C2C(c3ccccc31)C2(C)C.CC(C)C1c2ccccc2CCc2ccccc21.CC(C)C1c2ccccc2COc2ccccc21.CC(C)C1c2ccccc2CSc2ccccc21.CC(C)Cc1ccccc1-c1ccccc1. The number of ether oxygens (including phenoxy) is 1. The van der Waals surface area contributed by atoms with Crippen molar-refractivity contribution in [2.75, 3.05) is 0 Å². The first-order valence-corrected chi connectivity index (χ1v) is 49.0. The number of thioether (sulfide) groups is 1. The smallest absolute Gasteiger partial charge is 0.123 e. The van der Waals surface area contributed by atoms with E-state index >= 15 is 0 Å². The Kier molecular flexibility index (Phi) is 51.7. The van der Waals surface area contributed by atoms with Gasteiger partial charge < -0.3 is 4.74 Å². The predicted octanol–water partition coefficient (Wildman–Crippen LogP) is 37.6. The van der Waals surface area contributed by atoms with Gasteiger partial charge >= 0.3 is 0 Å². The Morgan fingerprint density at radius 3 is 1.02 bits per heavy atom. The molecule has 4 unspecified atom stereocenters. The molecule has 5 aliphatic rings. The van der Waals surface area contributed by atoms with Gasteiger partial charge in [0.2, 0.25) is 0 Å². The van der Waals surface area contributed by atoms with Crippen LogP contribution in [0.25, 0.3) is 11.1 Å². The van der Waals surface area contributed by atoms with Gasteiger partial charge in [-0.25, -0.2) is 0 Å². The first-order valence-electron chi connectivity index (χ1n) is 48.1. The van der Waals surface area contributed by atoms with E-state index in [2.05, 4.69) is 400 Å². The van der Waals surface area contributed by atoms with Crippen molar-refractivity contribution in [3.8, 4) is 16.9 Å². The molecule has 0 aromatic heterocycles. The summed E-state index contributed by atoms with van der Waals surface area (Å²) in [6.45, 7) is 65.3. The molecular weight excluding hydrogens is 1510 g/mol. The highest BCUT2D eigenvalue weighted by molar-refractivity contribution is 7.98. The zero-order chi connectivity index (χ0) is 91.1. The molecule has 1 fully saturated rings. The van der Waals surface area contributed by atoms with Crippen LogP contribution in [0.5, 0.6) is 5.75 Å². The van der Waals surface area contributed by atoms with Gasteiger partial charge in [-0.3, -0.25) is 0 Å². The topological polar surface area (TPSA) is 9.23 Å². The lowest BCUT2D eigenvalue weighted by atomic mass is 9.78. The second-order valence-corrected chi connectivity index (χ2v) is 34.1. The van der Waals surface area contributed by atoms with Crippen molar-refractivity contribution in [2.24, 2.45) is 40.9 Å². The lowest BCUT2D eigenvalue weighted by molar-refractivity contribution is 0.306. The summed E-state index contributed by atoms with van der Waals surface area (Å²) in [6.07, 6.45) is 3.50. The van der Waals surface area contributed by atoms with E-state index in [1.54, 1.807) is 22.3 Å². The summed E-state index contributed by atoms with van der Waals surface area (Å²) >= 11 is 1.97. The first kappa shape index (κ1) is 109. The van der Waals surface area contributed by atoms with Crippen molar-refractivity contribution in [3.63, 3.8) is 0 Å². The van der Waals surface area contributed by atoms with E-state index in [0.717, 1.165) is 17.9 Å². The second-order valence-electron chi connectivity index (χ2n) is 33.0. The van der Waals surface area contributed by atoms with Crippen LogP contribution in [0.4, 0.5) is 0 Å². The normalized spacial score (nSPS) is 15.3. The minimum atomic E-state index is 0. The van der Waals surface area contributed by atoms with E-state index in [9.17, 15) is 0 Å². The highest BCUT2D eigenvalue weighted by Crippen LogP contribution is 2.73. The van der Waals surface area contributed by atoms with Crippen LogP contribution < -0.4 is 4.74 Å². The maximum Gasteiger partial charge on any atom is 0.123 e. The van der Waals surface area contributed by atoms with Crippen molar-refractivity contribution in [2.45, 2.75) is 293 Å². The van der Waals surface area contributed by atoms with E-state index in [1.807, 2.05) is 129 Å². The largest absolute Gasteiger partial charge is 0.489 e.